The van der Waals surface area contributed by atoms with Crippen LogP contribution in [-0.2, 0) is 4.79 Å². The van der Waals surface area contributed by atoms with E-state index in [0.717, 1.165) is 0 Å². The van der Waals surface area contributed by atoms with Crippen LogP contribution in [0.15, 0.2) is 22.9 Å². The van der Waals surface area contributed by atoms with E-state index in [1.165, 1.54) is 12.3 Å². The predicted molar refractivity (Wildman–Crippen MR) is 46.6 cm³/mol. The number of amides is 1. The maximum Gasteiger partial charge on any atom is 0.315 e. The highest BCUT2D eigenvalue weighted by Crippen LogP contribution is 2.11. The molecule has 0 aliphatic rings. The van der Waals surface area contributed by atoms with Crippen LogP contribution in [0.5, 0.6) is 0 Å². The second-order valence-electron chi connectivity index (χ2n) is 2.16. The molecule has 1 rings (SSSR count). The van der Waals surface area contributed by atoms with Gasteiger partial charge in [0.25, 0.3) is 5.91 Å². The van der Waals surface area contributed by atoms with Crippen LogP contribution in [-0.4, -0.2) is 17.3 Å². The number of carbonyl (C=O) groups excluding carboxylic acids is 1. The summed E-state index contributed by atoms with van der Waals surface area (Å²) in [6.45, 7) is 0. The van der Waals surface area contributed by atoms with Crippen molar-refractivity contribution in [2.45, 2.75) is 6.43 Å². The number of hydrogen-bond donors (Lipinski definition) is 1. The third kappa shape index (κ3) is 3.06. The number of aromatic nitrogens is 1. The minimum atomic E-state index is -3.01. The fourth-order valence-electron chi connectivity index (χ4n) is 0.647. The number of anilines is 1. The fraction of sp³-hybridized carbons (Fsp3) is 0.143. The molecule has 0 saturated heterocycles. The van der Waals surface area contributed by atoms with Crippen LogP contribution in [0.3, 0.4) is 0 Å². The van der Waals surface area contributed by atoms with Crippen molar-refractivity contribution < 1.29 is 13.6 Å². The van der Waals surface area contributed by atoms with Crippen molar-refractivity contribution in [3.05, 3.63) is 22.9 Å². The lowest BCUT2D eigenvalue weighted by Gasteiger charge is -2.02. The molecule has 0 aliphatic heterocycles. The van der Waals surface area contributed by atoms with E-state index < -0.39 is 12.3 Å². The number of halogens is 3. The van der Waals surface area contributed by atoms with Crippen LogP contribution in [0.25, 0.3) is 0 Å². The summed E-state index contributed by atoms with van der Waals surface area (Å²) in [5, 5.41) is 2.00. The minimum Gasteiger partial charge on any atom is -0.320 e. The quantitative estimate of drug-likeness (QED) is 0.817. The second-order valence-corrected chi connectivity index (χ2v) is 2.97. The van der Waals surface area contributed by atoms with Crippen LogP contribution >= 0.6 is 15.9 Å². The topological polar surface area (TPSA) is 42.0 Å². The highest BCUT2D eigenvalue weighted by atomic mass is 79.9. The molecule has 0 spiro atoms. The molecule has 0 aromatic carbocycles. The summed E-state index contributed by atoms with van der Waals surface area (Å²) in [5.74, 6) is -1.33. The largest absolute Gasteiger partial charge is 0.320 e. The Hall–Kier alpha value is -1.04. The van der Waals surface area contributed by atoms with Crippen molar-refractivity contribution in [2.75, 3.05) is 5.32 Å². The molecule has 0 bridgehead atoms. The lowest BCUT2D eigenvalue weighted by atomic mass is 10.4. The number of rotatable bonds is 2. The van der Waals surface area contributed by atoms with E-state index in [1.54, 1.807) is 6.07 Å². The summed E-state index contributed by atoms with van der Waals surface area (Å²) in [7, 11) is 0. The van der Waals surface area contributed by atoms with Gasteiger partial charge < -0.3 is 5.32 Å². The van der Waals surface area contributed by atoms with Gasteiger partial charge in [-0.25, -0.2) is 4.98 Å². The predicted octanol–water partition coefficient (Wildman–Crippen LogP) is 2.05. The molecule has 1 heterocycles. The molecule has 13 heavy (non-hydrogen) atoms. The smallest absolute Gasteiger partial charge is 0.315 e. The first-order valence-electron chi connectivity index (χ1n) is 3.30. The molecule has 0 fully saturated rings. The third-order valence-electron chi connectivity index (χ3n) is 1.19. The Morgan fingerprint density at radius 1 is 1.54 bits per heavy atom. The number of nitrogens with one attached hydrogen (secondary N) is 1. The summed E-state index contributed by atoms with van der Waals surface area (Å²) >= 11 is 3.07. The van der Waals surface area contributed by atoms with Gasteiger partial charge in [-0.15, -0.1) is 0 Å². The summed E-state index contributed by atoms with van der Waals surface area (Å²) in [4.78, 5) is 14.2. The molecule has 0 aliphatic carbocycles. The zero-order valence-electron chi connectivity index (χ0n) is 6.30. The molecule has 1 aromatic heterocycles. The van der Waals surface area contributed by atoms with Gasteiger partial charge in [-0.1, -0.05) is 0 Å². The summed E-state index contributed by atoms with van der Waals surface area (Å²) in [6.07, 6.45) is -1.73. The first-order valence-corrected chi connectivity index (χ1v) is 4.09. The maximum absolute atomic E-state index is 11.8. The zero-order chi connectivity index (χ0) is 9.84. The number of pyridine rings is 1. The Bertz CT molecular complexity index is 302. The zero-order valence-corrected chi connectivity index (χ0v) is 7.88. The Morgan fingerprint density at radius 3 is 2.69 bits per heavy atom. The molecule has 70 valence electrons. The number of hydrogen-bond acceptors (Lipinski definition) is 2. The average Bonchev–Trinajstić information content (AvgIpc) is 2.08. The van der Waals surface area contributed by atoms with E-state index in [4.69, 9.17) is 0 Å². The summed E-state index contributed by atoms with van der Waals surface area (Å²) in [5.41, 5.74) is 0.244. The molecule has 1 aromatic rings. The van der Waals surface area contributed by atoms with E-state index in [2.05, 4.69) is 20.9 Å². The van der Waals surface area contributed by atoms with E-state index >= 15 is 0 Å². The summed E-state index contributed by atoms with van der Waals surface area (Å²) in [6, 6.07) is 3.01. The van der Waals surface area contributed by atoms with Gasteiger partial charge in [-0.05, 0) is 28.1 Å². The molecule has 1 amide bonds. The maximum atomic E-state index is 11.8. The molecule has 6 heteroatoms. The normalized spacial score (nSPS) is 10.2. The van der Waals surface area contributed by atoms with Gasteiger partial charge in [0.2, 0.25) is 0 Å². The van der Waals surface area contributed by atoms with Gasteiger partial charge in [0.1, 0.15) is 4.60 Å². The molecule has 3 nitrogen and oxygen atoms in total. The Balaban J connectivity index is 2.65. The molecule has 0 saturated carbocycles. The standard InChI is InChI=1S/C7H5BrF2N2O/c8-5-2-1-4(3-11-5)12-7(13)6(9)10/h1-3,6H,(H,12,13). The van der Waals surface area contributed by atoms with E-state index in [0.29, 0.717) is 4.60 Å². The minimum absolute atomic E-state index is 0.244. The van der Waals surface area contributed by atoms with E-state index in [-0.39, 0.29) is 5.69 Å². The van der Waals surface area contributed by atoms with Gasteiger partial charge in [-0.2, -0.15) is 8.78 Å². The van der Waals surface area contributed by atoms with Gasteiger partial charge in [0, 0.05) is 0 Å². The van der Waals surface area contributed by atoms with E-state index in [1.807, 2.05) is 5.32 Å². The Labute approximate surface area is 81.3 Å². The number of carbonyl (C=O) groups is 1. The molecular weight excluding hydrogens is 246 g/mol. The van der Waals surface area contributed by atoms with Crippen molar-refractivity contribution in [3.63, 3.8) is 0 Å². The third-order valence-corrected chi connectivity index (χ3v) is 1.66. The van der Waals surface area contributed by atoms with Crippen LogP contribution in [0.2, 0.25) is 0 Å². The van der Waals surface area contributed by atoms with Crippen molar-refractivity contribution >= 4 is 27.5 Å². The van der Waals surface area contributed by atoms with Gasteiger partial charge in [-0.3, -0.25) is 4.79 Å². The first kappa shape index (κ1) is 10.0. The summed E-state index contributed by atoms with van der Waals surface area (Å²) < 4.78 is 24.1. The highest BCUT2D eigenvalue weighted by molar-refractivity contribution is 9.10. The molecular formula is C7H5BrF2N2O. The fourth-order valence-corrected chi connectivity index (χ4v) is 0.881. The molecule has 0 radical (unpaired) electrons. The SMILES string of the molecule is O=C(Nc1ccc(Br)nc1)C(F)F. The second kappa shape index (κ2) is 4.27. The van der Waals surface area contributed by atoms with Crippen molar-refractivity contribution in [3.8, 4) is 0 Å². The van der Waals surface area contributed by atoms with Crippen LogP contribution in [0.4, 0.5) is 14.5 Å². The van der Waals surface area contributed by atoms with Gasteiger partial charge >= 0.3 is 6.43 Å². The van der Waals surface area contributed by atoms with Crippen LogP contribution in [0, 0.1) is 0 Å². The highest BCUT2D eigenvalue weighted by Gasteiger charge is 2.14. The first-order chi connectivity index (χ1) is 6.09. The Morgan fingerprint density at radius 2 is 2.23 bits per heavy atom. The van der Waals surface area contributed by atoms with Crippen LogP contribution < -0.4 is 5.32 Å². The lowest BCUT2D eigenvalue weighted by Crippen LogP contribution is -2.20. The van der Waals surface area contributed by atoms with Gasteiger partial charge in [0.15, 0.2) is 0 Å². The van der Waals surface area contributed by atoms with E-state index in [9.17, 15) is 13.6 Å². The van der Waals surface area contributed by atoms with Crippen molar-refractivity contribution in [1.82, 2.24) is 4.98 Å². The monoisotopic (exact) mass is 250 g/mol. The Kier molecular flexibility index (Phi) is 3.30. The average molecular weight is 251 g/mol. The van der Waals surface area contributed by atoms with Gasteiger partial charge in [0.05, 0.1) is 11.9 Å². The molecule has 0 atom stereocenters. The van der Waals surface area contributed by atoms with Crippen LogP contribution in [0.1, 0.15) is 0 Å². The molecule has 1 N–H and O–H groups in total. The number of nitrogens with zero attached hydrogens (tertiary/aromatic N) is 1. The van der Waals surface area contributed by atoms with Crippen molar-refractivity contribution in [2.24, 2.45) is 0 Å². The van der Waals surface area contributed by atoms with Crippen molar-refractivity contribution in [1.29, 1.82) is 0 Å². The lowest BCUT2D eigenvalue weighted by molar-refractivity contribution is -0.126. The molecule has 0 unspecified atom stereocenters. The number of alkyl halides is 2.